The fourth-order valence-electron chi connectivity index (χ4n) is 2.30. The average molecular weight is 343 g/mol. The SMILES string of the molecule is Cc1cc(C(=O)NC(C)C)ccc1NCC(=O)Nc1cccc(F)c1. The van der Waals surface area contributed by atoms with Gasteiger partial charge >= 0.3 is 0 Å². The van der Waals surface area contributed by atoms with E-state index in [0.717, 1.165) is 11.3 Å². The van der Waals surface area contributed by atoms with Crippen LogP contribution in [0.15, 0.2) is 42.5 Å². The Kier molecular flexibility index (Phi) is 6.11. The molecule has 2 rings (SSSR count). The molecule has 0 unspecified atom stereocenters. The van der Waals surface area contributed by atoms with Crippen LogP contribution in [0.5, 0.6) is 0 Å². The van der Waals surface area contributed by atoms with Crippen LogP contribution in [-0.2, 0) is 4.79 Å². The molecule has 0 spiro atoms. The van der Waals surface area contributed by atoms with Gasteiger partial charge in [0, 0.05) is 23.0 Å². The first-order chi connectivity index (χ1) is 11.8. The maximum Gasteiger partial charge on any atom is 0.251 e. The molecule has 2 amide bonds. The summed E-state index contributed by atoms with van der Waals surface area (Å²) in [6.45, 7) is 5.70. The largest absolute Gasteiger partial charge is 0.376 e. The third-order valence-electron chi connectivity index (χ3n) is 3.46. The van der Waals surface area contributed by atoms with Gasteiger partial charge in [0.2, 0.25) is 5.91 Å². The molecule has 0 aromatic heterocycles. The van der Waals surface area contributed by atoms with Crippen LogP contribution < -0.4 is 16.0 Å². The summed E-state index contributed by atoms with van der Waals surface area (Å²) in [6.07, 6.45) is 0. The second-order valence-corrected chi connectivity index (χ2v) is 6.07. The summed E-state index contributed by atoms with van der Waals surface area (Å²) in [5.41, 5.74) is 2.59. The first-order valence-corrected chi connectivity index (χ1v) is 8.06. The normalized spacial score (nSPS) is 10.4. The van der Waals surface area contributed by atoms with Crippen molar-refractivity contribution in [1.29, 1.82) is 0 Å². The van der Waals surface area contributed by atoms with Crippen molar-refractivity contribution < 1.29 is 14.0 Å². The molecule has 0 saturated heterocycles. The van der Waals surface area contributed by atoms with Crippen molar-refractivity contribution in [2.75, 3.05) is 17.2 Å². The maximum atomic E-state index is 13.1. The van der Waals surface area contributed by atoms with E-state index in [1.165, 1.54) is 18.2 Å². The summed E-state index contributed by atoms with van der Waals surface area (Å²) in [5.74, 6) is -0.822. The molecule has 5 nitrogen and oxygen atoms in total. The van der Waals surface area contributed by atoms with Crippen LogP contribution in [0.4, 0.5) is 15.8 Å². The molecule has 6 heteroatoms. The van der Waals surface area contributed by atoms with E-state index < -0.39 is 5.82 Å². The molecule has 0 bridgehead atoms. The summed E-state index contributed by atoms with van der Waals surface area (Å²) in [7, 11) is 0. The third kappa shape index (κ3) is 5.60. The van der Waals surface area contributed by atoms with Crippen molar-refractivity contribution in [3.63, 3.8) is 0 Å². The topological polar surface area (TPSA) is 70.2 Å². The molecule has 0 fully saturated rings. The molecule has 2 aromatic rings. The smallest absolute Gasteiger partial charge is 0.251 e. The molecule has 2 aromatic carbocycles. The van der Waals surface area contributed by atoms with Crippen LogP contribution >= 0.6 is 0 Å². The Morgan fingerprint density at radius 3 is 2.52 bits per heavy atom. The van der Waals surface area contributed by atoms with Gasteiger partial charge in [0.05, 0.1) is 6.54 Å². The third-order valence-corrected chi connectivity index (χ3v) is 3.46. The Morgan fingerprint density at radius 2 is 1.88 bits per heavy atom. The van der Waals surface area contributed by atoms with E-state index in [2.05, 4.69) is 16.0 Å². The van der Waals surface area contributed by atoms with Crippen LogP contribution in [-0.4, -0.2) is 24.4 Å². The van der Waals surface area contributed by atoms with Crippen molar-refractivity contribution in [2.45, 2.75) is 26.8 Å². The van der Waals surface area contributed by atoms with Gasteiger partial charge in [-0.15, -0.1) is 0 Å². The highest BCUT2D eigenvalue weighted by atomic mass is 19.1. The second kappa shape index (κ2) is 8.28. The summed E-state index contributed by atoms with van der Waals surface area (Å²) < 4.78 is 13.1. The zero-order valence-electron chi connectivity index (χ0n) is 14.5. The lowest BCUT2D eigenvalue weighted by atomic mass is 10.1. The van der Waals surface area contributed by atoms with Crippen LogP contribution in [0.2, 0.25) is 0 Å². The van der Waals surface area contributed by atoms with Gasteiger partial charge in [-0.3, -0.25) is 9.59 Å². The number of hydrogen-bond donors (Lipinski definition) is 3. The molecular weight excluding hydrogens is 321 g/mol. The minimum absolute atomic E-state index is 0.0366. The zero-order chi connectivity index (χ0) is 18.4. The van der Waals surface area contributed by atoms with Gasteiger partial charge in [0.1, 0.15) is 5.82 Å². The number of benzene rings is 2. The van der Waals surface area contributed by atoms with E-state index in [1.807, 2.05) is 20.8 Å². The Labute approximate surface area is 146 Å². The fourth-order valence-corrected chi connectivity index (χ4v) is 2.30. The van der Waals surface area contributed by atoms with Gasteiger partial charge in [-0.25, -0.2) is 4.39 Å². The molecule has 132 valence electrons. The van der Waals surface area contributed by atoms with Crippen LogP contribution in [0.3, 0.4) is 0 Å². The molecule has 0 radical (unpaired) electrons. The van der Waals surface area contributed by atoms with Gasteiger partial charge in [-0.2, -0.15) is 0 Å². The van der Waals surface area contributed by atoms with E-state index >= 15 is 0 Å². The van der Waals surface area contributed by atoms with Crippen LogP contribution in [0.1, 0.15) is 29.8 Å². The number of carbonyl (C=O) groups excluding carboxylic acids is 2. The average Bonchev–Trinajstić information content (AvgIpc) is 2.53. The Hall–Kier alpha value is -2.89. The van der Waals surface area contributed by atoms with E-state index in [9.17, 15) is 14.0 Å². The first-order valence-electron chi connectivity index (χ1n) is 8.06. The number of nitrogens with one attached hydrogen (secondary N) is 3. The van der Waals surface area contributed by atoms with Gasteiger partial charge < -0.3 is 16.0 Å². The maximum absolute atomic E-state index is 13.1. The van der Waals surface area contributed by atoms with Gasteiger partial charge in [-0.1, -0.05) is 6.07 Å². The van der Waals surface area contributed by atoms with Crippen molar-refractivity contribution in [3.05, 3.63) is 59.4 Å². The number of hydrogen-bond acceptors (Lipinski definition) is 3. The first kappa shape index (κ1) is 18.4. The van der Waals surface area contributed by atoms with Gasteiger partial charge in [-0.05, 0) is 62.7 Å². The summed E-state index contributed by atoms with van der Waals surface area (Å²) in [5, 5.41) is 8.47. The fraction of sp³-hybridized carbons (Fsp3) is 0.263. The molecule has 3 N–H and O–H groups in total. The number of halogens is 1. The predicted octanol–water partition coefficient (Wildman–Crippen LogP) is 3.32. The number of anilines is 2. The molecular formula is C19H22FN3O2. The molecule has 0 atom stereocenters. The molecule has 0 saturated carbocycles. The Morgan fingerprint density at radius 1 is 1.12 bits per heavy atom. The number of amides is 2. The van der Waals surface area contributed by atoms with Crippen molar-refractivity contribution in [1.82, 2.24) is 5.32 Å². The molecule has 0 aliphatic rings. The summed E-state index contributed by atoms with van der Waals surface area (Å²) >= 11 is 0. The molecule has 0 aliphatic carbocycles. The predicted molar refractivity (Wildman–Crippen MR) is 97.3 cm³/mol. The standard InChI is InChI=1S/C19H22FN3O2/c1-12(2)22-19(25)14-7-8-17(13(3)9-14)21-11-18(24)23-16-6-4-5-15(20)10-16/h4-10,12,21H,11H2,1-3H3,(H,22,25)(H,23,24). The number of carbonyl (C=O) groups is 2. The highest BCUT2D eigenvalue weighted by molar-refractivity contribution is 5.96. The molecule has 0 heterocycles. The van der Waals surface area contributed by atoms with Gasteiger partial charge in [0.25, 0.3) is 5.91 Å². The lowest BCUT2D eigenvalue weighted by molar-refractivity contribution is -0.114. The van der Waals surface area contributed by atoms with E-state index in [1.54, 1.807) is 24.3 Å². The lowest BCUT2D eigenvalue weighted by Gasteiger charge is -2.13. The highest BCUT2D eigenvalue weighted by Crippen LogP contribution is 2.17. The number of rotatable bonds is 6. The quantitative estimate of drug-likeness (QED) is 0.753. The van der Waals surface area contributed by atoms with Crippen molar-refractivity contribution in [2.24, 2.45) is 0 Å². The number of aryl methyl sites for hydroxylation is 1. The minimum Gasteiger partial charge on any atom is -0.376 e. The Bertz CT molecular complexity index is 775. The monoisotopic (exact) mass is 343 g/mol. The van der Waals surface area contributed by atoms with Crippen LogP contribution in [0.25, 0.3) is 0 Å². The van der Waals surface area contributed by atoms with E-state index in [-0.39, 0.29) is 24.4 Å². The highest BCUT2D eigenvalue weighted by Gasteiger charge is 2.10. The summed E-state index contributed by atoms with van der Waals surface area (Å²) in [4.78, 5) is 23.9. The zero-order valence-corrected chi connectivity index (χ0v) is 14.5. The second-order valence-electron chi connectivity index (χ2n) is 6.07. The summed E-state index contributed by atoms with van der Waals surface area (Å²) in [6, 6.07) is 11.0. The van der Waals surface area contributed by atoms with Crippen molar-refractivity contribution >= 4 is 23.2 Å². The molecule has 25 heavy (non-hydrogen) atoms. The van der Waals surface area contributed by atoms with Crippen molar-refractivity contribution in [3.8, 4) is 0 Å². The molecule has 0 aliphatic heterocycles. The Balaban J connectivity index is 1.94. The van der Waals surface area contributed by atoms with Gasteiger partial charge in [0.15, 0.2) is 0 Å². The van der Waals surface area contributed by atoms with E-state index in [0.29, 0.717) is 11.3 Å². The van der Waals surface area contributed by atoms with Crippen LogP contribution in [0, 0.1) is 12.7 Å². The lowest BCUT2D eigenvalue weighted by Crippen LogP contribution is -2.30. The van der Waals surface area contributed by atoms with E-state index in [4.69, 9.17) is 0 Å². The minimum atomic E-state index is -0.406.